The summed E-state index contributed by atoms with van der Waals surface area (Å²) in [6.45, 7) is 6.54. The second-order valence-corrected chi connectivity index (χ2v) is 5.35. The van der Waals surface area contributed by atoms with Crippen molar-refractivity contribution < 1.29 is 19.4 Å². The van der Waals surface area contributed by atoms with E-state index in [0.717, 1.165) is 5.56 Å². The zero-order valence-electron chi connectivity index (χ0n) is 11.8. The van der Waals surface area contributed by atoms with E-state index < -0.39 is 5.60 Å². The van der Waals surface area contributed by atoms with E-state index in [1.54, 1.807) is 38.1 Å². The molecule has 0 fully saturated rings. The van der Waals surface area contributed by atoms with Gasteiger partial charge >= 0.3 is 5.97 Å². The molecule has 0 atom stereocenters. The number of aliphatic hydroxyl groups is 1. The van der Waals surface area contributed by atoms with Crippen molar-refractivity contribution in [2.45, 2.75) is 39.9 Å². The number of hydrogen-bond donors (Lipinski definition) is 1. The molecule has 4 heteroatoms. The van der Waals surface area contributed by atoms with Crippen molar-refractivity contribution in [1.29, 1.82) is 0 Å². The Morgan fingerprint density at radius 1 is 1.32 bits per heavy atom. The van der Waals surface area contributed by atoms with Crippen LogP contribution in [0.5, 0.6) is 0 Å². The molecule has 0 unspecified atom stereocenters. The van der Waals surface area contributed by atoms with E-state index in [0.29, 0.717) is 5.56 Å². The lowest BCUT2D eigenvalue weighted by molar-refractivity contribution is -0.148. The minimum absolute atomic E-state index is 0.129. The number of ketones is 1. The quantitative estimate of drug-likeness (QED) is 0.655. The van der Waals surface area contributed by atoms with E-state index in [1.807, 2.05) is 0 Å². The summed E-state index contributed by atoms with van der Waals surface area (Å²) in [5, 5.41) is 9.69. The molecule has 1 aromatic rings. The first-order chi connectivity index (χ1) is 8.71. The second kappa shape index (κ2) is 5.97. The predicted molar refractivity (Wildman–Crippen MR) is 71.7 cm³/mol. The Hall–Kier alpha value is -1.68. The van der Waals surface area contributed by atoms with E-state index in [4.69, 9.17) is 4.74 Å². The lowest BCUT2D eigenvalue weighted by atomic mass is 9.96. The molecule has 1 N–H and O–H groups in total. The summed E-state index contributed by atoms with van der Waals surface area (Å²) in [5.41, 5.74) is -0.276. The molecule has 0 aromatic heterocycles. The van der Waals surface area contributed by atoms with Gasteiger partial charge in [-0.3, -0.25) is 9.59 Å². The molecule has 0 amide bonds. The highest BCUT2D eigenvalue weighted by Gasteiger charge is 2.25. The minimum Gasteiger partial charge on any atom is -0.461 e. The van der Waals surface area contributed by atoms with Gasteiger partial charge in [0.05, 0.1) is 5.92 Å². The van der Waals surface area contributed by atoms with E-state index in [-0.39, 0.29) is 24.3 Å². The molecule has 1 rings (SSSR count). The molecule has 0 heterocycles. The van der Waals surface area contributed by atoms with Crippen molar-refractivity contribution in [3.05, 3.63) is 35.4 Å². The van der Waals surface area contributed by atoms with E-state index >= 15 is 0 Å². The summed E-state index contributed by atoms with van der Waals surface area (Å²) < 4.78 is 5.10. The lowest BCUT2D eigenvalue weighted by Gasteiger charge is -2.16. The number of carbonyl (C=O) groups is 2. The van der Waals surface area contributed by atoms with Crippen molar-refractivity contribution in [2.75, 3.05) is 0 Å². The van der Waals surface area contributed by atoms with Crippen LogP contribution in [0, 0.1) is 5.92 Å². The van der Waals surface area contributed by atoms with E-state index in [1.165, 1.54) is 13.8 Å². The maximum atomic E-state index is 11.9. The Morgan fingerprint density at radius 2 is 1.95 bits per heavy atom. The zero-order chi connectivity index (χ0) is 14.6. The molecule has 4 nitrogen and oxygen atoms in total. The highest BCUT2D eigenvalue weighted by atomic mass is 16.5. The molecule has 19 heavy (non-hydrogen) atoms. The topological polar surface area (TPSA) is 63.6 Å². The normalized spacial score (nSPS) is 11.5. The van der Waals surface area contributed by atoms with Crippen molar-refractivity contribution in [3.8, 4) is 0 Å². The van der Waals surface area contributed by atoms with Crippen LogP contribution in [-0.2, 0) is 16.1 Å². The van der Waals surface area contributed by atoms with Crippen LogP contribution in [0.4, 0.5) is 0 Å². The maximum absolute atomic E-state index is 11.9. The molecule has 0 saturated heterocycles. The lowest BCUT2D eigenvalue weighted by Crippen LogP contribution is -2.31. The highest BCUT2D eigenvalue weighted by molar-refractivity contribution is 6.01. The van der Waals surface area contributed by atoms with Gasteiger partial charge in [-0.05, 0) is 25.5 Å². The van der Waals surface area contributed by atoms with Crippen LogP contribution in [0.3, 0.4) is 0 Å². The van der Waals surface area contributed by atoms with Gasteiger partial charge in [0.15, 0.2) is 5.78 Å². The Kier molecular flexibility index (Phi) is 4.84. The number of benzene rings is 1. The van der Waals surface area contributed by atoms with E-state index in [2.05, 4.69) is 0 Å². The molecular weight excluding hydrogens is 244 g/mol. The number of Topliss-reactive ketones (excluding diaryl/α,β-unsaturated/α-hetero) is 1. The Morgan fingerprint density at radius 3 is 2.47 bits per heavy atom. The first-order valence-electron chi connectivity index (χ1n) is 6.24. The average molecular weight is 264 g/mol. The maximum Gasteiger partial charge on any atom is 0.308 e. The van der Waals surface area contributed by atoms with Crippen LogP contribution in [0.15, 0.2) is 24.3 Å². The number of esters is 1. The van der Waals surface area contributed by atoms with Crippen molar-refractivity contribution in [2.24, 2.45) is 5.92 Å². The Balaban J connectivity index is 2.78. The SMILES string of the molecule is CC(C)C(=O)OCc1cccc(C(=O)C(C)(C)O)c1. The van der Waals surface area contributed by atoms with Gasteiger partial charge in [-0.15, -0.1) is 0 Å². The fourth-order valence-corrected chi connectivity index (χ4v) is 1.48. The largest absolute Gasteiger partial charge is 0.461 e. The summed E-state index contributed by atoms with van der Waals surface area (Å²) >= 11 is 0. The second-order valence-electron chi connectivity index (χ2n) is 5.35. The number of hydrogen-bond acceptors (Lipinski definition) is 4. The minimum atomic E-state index is -1.41. The van der Waals surface area contributed by atoms with Gasteiger partial charge in [0.25, 0.3) is 0 Å². The average Bonchev–Trinajstić information content (AvgIpc) is 2.34. The molecule has 0 saturated carbocycles. The highest BCUT2D eigenvalue weighted by Crippen LogP contribution is 2.15. The van der Waals surface area contributed by atoms with Gasteiger partial charge in [-0.1, -0.05) is 32.0 Å². The number of rotatable bonds is 5. The zero-order valence-corrected chi connectivity index (χ0v) is 11.8. The molecule has 0 aliphatic carbocycles. The van der Waals surface area contributed by atoms with Gasteiger partial charge in [0.1, 0.15) is 12.2 Å². The van der Waals surface area contributed by atoms with Gasteiger partial charge in [0, 0.05) is 5.56 Å². The summed E-state index contributed by atoms with van der Waals surface area (Å²) in [7, 11) is 0. The van der Waals surface area contributed by atoms with Crippen LogP contribution in [0.2, 0.25) is 0 Å². The molecule has 0 bridgehead atoms. The summed E-state index contributed by atoms with van der Waals surface area (Å²) in [4.78, 5) is 23.3. The smallest absolute Gasteiger partial charge is 0.308 e. The third-order valence-corrected chi connectivity index (χ3v) is 2.60. The first kappa shape index (κ1) is 15.4. The van der Waals surface area contributed by atoms with Crippen LogP contribution in [-0.4, -0.2) is 22.5 Å². The van der Waals surface area contributed by atoms with Gasteiger partial charge in [-0.25, -0.2) is 0 Å². The summed E-state index contributed by atoms with van der Waals surface area (Å²) in [6, 6.07) is 6.74. The van der Waals surface area contributed by atoms with Gasteiger partial charge in [-0.2, -0.15) is 0 Å². The van der Waals surface area contributed by atoms with E-state index in [9.17, 15) is 14.7 Å². The van der Waals surface area contributed by atoms with Crippen molar-refractivity contribution >= 4 is 11.8 Å². The molecule has 1 aromatic carbocycles. The van der Waals surface area contributed by atoms with Crippen LogP contribution in [0.1, 0.15) is 43.6 Å². The molecular formula is C15H20O4. The van der Waals surface area contributed by atoms with Crippen LogP contribution >= 0.6 is 0 Å². The number of carbonyl (C=O) groups excluding carboxylic acids is 2. The van der Waals surface area contributed by atoms with Crippen LogP contribution < -0.4 is 0 Å². The molecule has 0 aliphatic rings. The molecule has 0 aliphatic heterocycles. The third-order valence-electron chi connectivity index (χ3n) is 2.60. The number of ether oxygens (including phenoxy) is 1. The molecule has 104 valence electrons. The summed E-state index contributed by atoms with van der Waals surface area (Å²) in [5.74, 6) is -0.815. The fourth-order valence-electron chi connectivity index (χ4n) is 1.48. The van der Waals surface area contributed by atoms with Crippen LogP contribution in [0.25, 0.3) is 0 Å². The standard InChI is InChI=1S/C15H20O4/c1-10(2)14(17)19-9-11-6-5-7-12(8-11)13(16)15(3,4)18/h5-8,10,18H,9H2,1-4H3. The molecule has 0 radical (unpaired) electrons. The van der Waals surface area contributed by atoms with Crippen molar-refractivity contribution in [1.82, 2.24) is 0 Å². The monoisotopic (exact) mass is 264 g/mol. The van der Waals surface area contributed by atoms with Gasteiger partial charge < -0.3 is 9.84 Å². The Labute approximate surface area is 113 Å². The summed E-state index contributed by atoms with van der Waals surface area (Å²) in [6.07, 6.45) is 0. The first-order valence-corrected chi connectivity index (χ1v) is 6.24. The Bertz CT molecular complexity index is 469. The fraction of sp³-hybridized carbons (Fsp3) is 0.467. The van der Waals surface area contributed by atoms with Crippen molar-refractivity contribution in [3.63, 3.8) is 0 Å². The third kappa shape index (κ3) is 4.48. The molecule has 0 spiro atoms. The predicted octanol–water partition coefficient (Wildman–Crippen LogP) is 2.34. The van der Waals surface area contributed by atoms with Gasteiger partial charge in [0.2, 0.25) is 0 Å².